The summed E-state index contributed by atoms with van der Waals surface area (Å²) < 4.78 is 0. The Morgan fingerprint density at radius 1 is 1.32 bits per heavy atom. The van der Waals surface area contributed by atoms with Crippen molar-refractivity contribution in [2.24, 2.45) is 0 Å². The van der Waals surface area contributed by atoms with Crippen molar-refractivity contribution in [3.8, 4) is 0 Å². The second kappa shape index (κ2) is 6.92. The van der Waals surface area contributed by atoms with Gasteiger partial charge in [0.25, 0.3) is 0 Å². The summed E-state index contributed by atoms with van der Waals surface area (Å²) in [5.74, 6) is -0.705. The molecule has 2 rings (SSSR count). The summed E-state index contributed by atoms with van der Waals surface area (Å²) >= 11 is 5.98. The molecule has 0 aliphatic carbocycles. The first-order valence-electron chi connectivity index (χ1n) is 6.88. The highest BCUT2D eigenvalue weighted by atomic mass is 35.5. The number of carboxylic acid groups (broad SMARTS) is 1. The molecular weight excluding hydrogens is 262 g/mol. The van der Waals surface area contributed by atoms with Gasteiger partial charge in [-0.2, -0.15) is 0 Å². The van der Waals surface area contributed by atoms with Crippen LogP contribution in [0.3, 0.4) is 0 Å². The van der Waals surface area contributed by atoms with Crippen LogP contribution in [0.15, 0.2) is 24.3 Å². The third kappa shape index (κ3) is 4.22. The molecule has 1 aromatic carbocycles. The maximum Gasteiger partial charge on any atom is 0.320 e. The number of aliphatic carboxylic acids is 1. The molecule has 1 aliphatic rings. The summed E-state index contributed by atoms with van der Waals surface area (Å²) in [7, 11) is 0. The molecule has 0 aromatic heterocycles. The zero-order valence-corrected chi connectivity index (χ0v) is 11.8. The number of rotatable bonds is 3. The summed E-state index contributed by atoms with van der Waals surface area (Å²) in [5.41, 5.74) is 1.08. The van der Waals surface area contributed by atoms with E-state index < -0.39 is 5.97 Å². The Labute approximate surface area is 119 Å². The van der Waals surface area contributed by atoms with Gasteiger partial charge in [-0.25, -0.2) is 0 Å². The maximum absolute atomic E-state index is 11.4. The molecule has 1 unspecified atom stereocenters. The molecule has 3 nitrogen and oxygen atoms in total. The molecule has 0 amide bonds. The molecule has 104 valence electrons. The molecule has 1 aliphatic heterocycles. The van der Waals surface area contributed by atoms with Crippen molar-refractivity contribution in [1.82, 2.24) is 4.90 Å². The molecule has 1 fully saturated rings. The van der Waals surface area contributed by atoms with Crippen molar-refractivity contribution in [3.05, 3.63) is 34.9 Å². The fourth-order valence-electron chi connectivity index (χ4n) is 2.68. The minimum Gasteiger partial charge on any atom is -0.480 e. The summed E-state index contributed by atoms with van der Waals surface area (Å²) in [5, 5.41) is 10.1. The number of benzene rings is 1. The van der Waals surface area contributed by atoms with Gasteiger partial charge in [-0.3, -0.25) is 9.69 Å². The van der Waals surface area contributed by atoms with E-state index in [1.165, 1.54) is 6.42 Å². The van der Waals surface area contributed by atoms with Crippen LogP contribution in [0, 0.1) is 0 Å². The van der Waals surface area contributed by atoms with Crippen molar-refractivity contribution >= 4 is 17.6 Å². The molecule has 1 atom stereocenters. The summed E-state index contributed by atoms with van der Waals surface area (Å²) in [6.07, 6.45) is 5.16. The normalized spacial score (nSPS) is 21.6. The van der Waals surface area contributed by atoms with Crippen molar-refractivity contribution in [1.29, 1.82) is 0 Å². The van der Waals surface area contributed by atoms with E-state index in [9.17, 15) is 9.90 Å². The lowest BCUT2D eigenvalue weighted by atomic mass is 10.0. The summed E-state index contributed by atoms with van der Waals surface area (Å²) in [6, 6.07) is 7.31. The maximum atomic E-state index is 11.4. The first-order valence-corrected chi connectivity index (χ1v) is 7.26. The number of carbonyl (C=O) groups is 1. The van der Waals surface area contributed by atoms with Crippen molar-refractivity contribution in [3.63, 3.8) is 0 Å². The highest BCUT2D eigenvalue weighted by Crippen LogP contribution is 2.20. The lowest BCUT2D eigenvalue weighted by Gasteiger charge is -2.30. The minimum atomic E-state index is -0.705. The second-order valence-corrected chi connectivity index (χ2v) is 5.59. The number of nitrogens with zero attached hydrogens (tertiary/aromatic N) is 1. The van der Waals surface area contributed by atoms with Gasteiger partial charge >= 0.3 is 5.97 Å². The predicted octanol–water partition coefficient (Wildman–Crippen LogP) is 3.56. The molecule has 1 saturated heterocycles. The fraction of sp³-hybridized carbons (Fsp3) is 0.533. The Morgan fingerprint density at radius 2 is 2.11 bits per heavy atom. The van der Waals surface area contributed by atoms with Gasteiger partial charge in [0.1, 0.15) is 6.04 Å². The highest BCUT2D eigenvalue weighted by Gasteiger charge is 2.26. The lowest BCUT2D eigenvalue weighted by Crippen LogP contribution is -2.42. The first-order chi connectivity index (χ1) is 9.16. The van der Waals surface area contributed by atoms with Crippen LogP contribution in [0.2, 0.25) is 5.02 Å². The van der Waals surface area contributed by atoms with Gasteiger partial charge in [0.05, 0.1) is 0 Å². The molecule has 1 N–H and O–H groups in total. The average molecular weight is 282 g/mol. The average Bonchev–Trinajstić information content (AvgIpc) is 2.32. The molecule has 0 radical (unpaired) electrons. The van der Waals surface area contributed by atoms with Gasteiger partial charge in [0, 0.05) is 11.6 Å². The van der Waals surface area contributed by atoms with Gasteiger partial charge in [0.2, 0.25) is 0 Å². The van der Waals surface area contributed by atoms with Crippen LogP contribution in [0.5, 0.6) is 0 Å². The number of likely N-dealkylation sites (tertiary alicyclic amines) is 1. The van der Waals surface area contributed by atoms with E-state index in [1.54, 1.807) is 0 Å². The Morgan fingerprint density at radius 3 is 2.84 bits per heavy atom. The van der Waals surface area contributed by atoms with E-state index in [1.807, 2.05) is 24.3 Å². The standard InChI is InChI=1S/C15H20ClNO2/c16-13-7-5-6-12(10-13)11-17-9-4-2-1-3-8-14(17)15(18)19/h5-7,10,14H,1-4,8-9,11H2,(H,18,19). The van der Waals surface area contributed by atoms with E-state index in [4.69, 9.17) is 11.6 Å². The van der Waals surface area contributed by atoms with Gasteiger partial charge in [0.15, 0.2) is 0 Å². The van der Waals surface area contributed by atoms with Gasteiger partial charge in [-0.05, 0) is 37.1 Å². The molecule has 1 heterocycles. The Balaban J connectivity index is 2.10. The Kier molecular flexibility index (Phi) is 5.23. The van der Waals surface area contributed by atoms with Gasteiger partial charge < -0.3 is 5.11 Å². The van der Waals surface area contributed by atoms with Crippen LogP contribution in [0.1, 0.15) is 37.7 Å². The van der Waals surface area contributed by atoms with E-state index in [0.29, 0.717) is 11.6 Å². The molecule has 1 aromatic rings. The number of hydrogen-bond donors (Lipinski definition) is 1. The van der Waals surface area contributed by atoms with E-state index in [2.05, 4.69) is 4.90 Å². The lowest BCUT2D eigenvalue weighted by molar-refractivity contribution is -0.144. The van der Waals surface area contributed by atoms with Crippen LogP contribution in [0.25, 0.3) is 0 Å². The Hall–Kier alpha value is -1.06. The largest absolute Gasteiger partial charge is 0.480 e. The number of halogens is 1. The summed E-state index contributed by atoms with van der Waals surface area (Å²) in [6.45, 7) is 1.51. The fourth-order valence-corrected chi connectivity index (χ4v) is 2.90. The minimum absolute atomic E-state index is 0.362. The predicted molar refractivity (Wildman–Crippen MR) is 76.4 cm³/mol. The van der Waals surface area contributed by atoms with Crippen molar-refractivity contribution in [2.45, 2.75) is 44.7 Å². The third-order valence-electron chi connectivity index (χ3n) is 3.67. The van der Waals surface area contributed by atoms with Crippen LogP contribution in [-0.4, -0.2) is 28.6 Å². The van der Waals surface area contributed by atoms with Crippen LogP contribution >= 0.6 is 11.6 Å². The van der Waals surface area contributed by atoms with Gasteiger partial charge in [-0.1, -0.05) is 43.0 Å². The molecule has 0 spiro atoms. The molecule has 0 saturated carbocycles. The van der Waals surface area contributed by atoms with E-state index >= 15 is 0 Å². The first kappa shape index (κ1) is 14.4. The van der Waals surface area contributed by atoms with Crippen molar-refractivity contribution in [2.75, 3.05) is 6.54 Å². The SMILES string of the molecule is O=C(O)C1CCCCCCN1Cc1cccc(Cl)c1. The van der Waals surface area contributed by atoms with Gasteiger partial charge in [-0.15, -0.1) is 0 Å². The van der Waals surface area contributed by atoms with E-state index in [-0.39, 0.29) is 6.04 Å². The second-order valence-electron chi connectivity index (χ2n) is 5.16. The monoisotopic (exact) mass is 281 g/mol. The van der Waals surface area contributed by atoms with Crippen LogP contribution in [0.4, 0.5) is 0 Å². The van der Waals surface area contributed by atoms with E-state index in [0.717, 1.165) is 37.8 Å². The number of hydrogen-bond acceptors (Lipinski definition) is 2. The molecular formula is C15H20ClNO2. The zero-order chi connectivity index (χ0) is 13.7. The third-order valence-corrected chi connectivity index (χ3v) is 3.91. The topological polar surface area (TPSA) is 40.5 Å². The van der Waals surface area contributed by atoms with Crippen LogP contribution < -0.4 is 0 Å². The Bertz CT molecular complexity index is 436. The molecule has 0 bridgehead atoms. The zero-order valence-electron chi connectivity index (χ0n) is 11.0. The highest BCUT2D eigenvalue weighted by molar-refractivity contribution is 6.30. The smallest absolute Gasteiger partial charge is 0.320 e. The van der Waals surface area contributed by atoms with Crippen molar-refractivity contribution < 1.29 is 9.90 Å². The quantitative estimate of drug-likeness (QED) is 0.921. The molecule has 19 heavy (non-hydrogen) atoms. The van der Waals surface area contributed by atoms with Crippen LogP contribution in [-0.2, 0) is 11.3 Å². The molecule has 4 heteroatoms. The summed E-state index contributed by atoms with van der Waals surface area (Å²) in [4.78, 5) is 13.5. The number of carboxylic acids is 1.